The number of likely N-dealkylation sites (tertiary alicyclic amines) is 1. The first-order chi connectivity index (χ1) is 11.5. The van der Waals surface area contributed by atoms with Crippen LogP contribution in [0.3, 0.4) is 0 Å². The van der Waals surface area contributed by atoms with Gasteiger partial charge in [0.15, 0.2) is 8.32 Å². The lowest BCUT2D eigenvalue weighted by Crippen LogP contribution is -2.46. The van der Waals surface area contributed by atoms with Crippen molar-refractivity contribution in [2.45, 2.75) is 62.3 Å². The van der Waals surface area contributed by atoms with Crippen LogP contribution in [0.2, 0.25) is 18.1 Å². The van der Waals surface area contributed by atoms with Crippen molar-refractivity contribution in [1.82, 2.24) is 4.90 Å². The van der Waals surface area contributed by atoms with E-state index in [2.05, 4.69) is 105 Å². The van der Waals surface area contributed by atoms with Gasteiger partial charge in [-0.2, -0.15) is 0 Å². The SMILES string of the molecule is C=C(C)[C@H]1CN(Cc2ccccc2)[C@H](CO[Si](C)(C)C(C)(C)C)[C@H]1I. The van der Waals surface area contributed by atoms with Gasteiger partial charge in [-0.3, -0.25) is 4.90 Å². The summed E-state index contributed by atoms with van der Waals surface area (Å²) in [5, 5.41) is 0.254. The van der Waals surface area contributed by atoms with Crippen LogP contribution in [0.25, 0.3) is 0 Å². The average molecular weight is 471 g/mol. The molecule has 2 nitrogen and oxygen atoms in total. The van der Waals surface area contributed by atoms with Crippen LogP contribution in [0.4, 0.5) is 0 Å². The van der Waals surface area contributed by atoms with Crippen molar-refractivity contribution in [2.75, 3.05) is 13.2 Å². The summed E-state index contributed by atoms with van der Waals surface area (Å²) in [4.78, 5) is 2.61. The van der Waals surface area contributed by atoms with Gasteiger partial charge < -0.3 is 4.43 Å². The topological polar surface area (TPSA) is 12.5 Å². The minimum absolute atomic E-state index is 0.254. The summed E-state index contributed by atoms with van der Waals surface area (Å²) in [6.07, 6.45) is 0. The Bertz CT molecular complexity index is 581. The first kappa shape index (κ1) is 21.1. The minimum atomic E-state index is -1.73. The van der Waals surface area contributed by atoms with Crippen molar-refractivity contribution in [3.8, 4) is 0 Å². The Morgan fingerprint density at radius 3 is 2.40 bits per heavy atom. The number of nitrogens with zero attached hydrogens (tertiary/aromatic N) is 1. The molecule has 1 fully saturated rings. The number of alkyl halides is 1. The van der Waals surface area contributed by atoms with Gasteiger partial charge in [-0.05, 0) is 30.6 Å². The molecule has 4 heteroatoms. The van der Waals surface area contributed by atoms with Crippen LogP contribution in [0.15, 0.2) is 42.5 Å². The molecule has 0 aromatic heterocycles. The maximum absolute atomic E-state index is 6.61. The van der Waals surface area contributed by atoms with Gasteiger partial charge >= 0.3 is 0 Å². The highest BCUT2D eigenvalue weighted by Gasteiger charge is 2.43. The lowest BCUT2D eigenvalue weighted by Gasteiger charge is -2.38. The van der Waals surface area contributed by atoms with E-state index in [0.29, 0.717) is 15.9 Å². The molecule has 1 aliphatic heterocycles. The van der Waals surface area contributed by atoms with Gasteiger partial charge in [-0.25, -0.2) is 0 Å². The van der Waals surface area contributed by atoms with Crippen LogP contribution in [-0.4, -0.2) is 36.3 Å². The Morgan fingerprint density at radius 2 is 1.88 bits per heavy atom. The third-order valence-corrected chi connectivity index (χ3v) is 12.1. The Morgan fingerprint density at radius 1 is 1.28 bits per heavy atom. The molecule has 0 radical (unpaired) electrons. The summed E-state index contributed by atoms with van der Waals surface area (Å²) >= 11 is 2.63. The fourth-order valence-electron chi connectivity index (χ4n) is 3.09. The molecule has 0 amide bonds. The predicted octanol–water partition coefficient (Wildman–Crippen LogP) is 5.89. The first-order valence-corrected chi connectivity index (χ1v) is 13.4. The maximum Gasteiger partial charge on any atom is 0.192 e. The van der Waals surface area contributed by atoms with E-state index in [1.165, 1.54) is 11.1 Å². The molecule has 3 atom stereocenters. The highest BCUT2D eigenvalue weighted by Crippen LogP contribution is 2.39. The second kappa shape index (κ2) is 8.24. The average Bonchev–Trinajstić information content (AvgIpc) is 2.81. The fraction of sp³-hybridized carbons (Fsp3) is 0.619. The van der Waals surface area contributed by atoms with Crippen molar-refractivity contribution >= 4 is 30.9 Å². The molecule has 25 heavy (non-hydrogen) atoms. The largest absolute Gasteiger partial charge is 0.415 e. The molecule has 1 saturated heterocycles. The molecular weight excluding hydrogens is 437 g/mol. The van der Waals surface area contributed by atoms with Gasteiger partial charge in [0.1, 0.15) is 0 Å². The van der Waals surface area contributed by atoms with Crippen molar-refractivity contribution in [1.29, 1.82) is 0 Å². The van der Waals surface area contributed by atoms with Crippen molar-refractivity contribution in [3.05, 3.63) is 48.0 Å². The Kier molecular flexibility index (Phi) is 6.96. The molecule has 0 saturated carbocycles. The number of halogens is 1. The van der Waals surface area contributed by atoms with Crippen LogP contribution in [-0.2, 0) is 11.0 Å². The van der Waals surface area contributed by atoms with Crippen molar-refractivity contribution in [3.63, 3.8) is 0 Å². The van der Waals surface area contributed by atoms with Gasteiger partial charge in [0.25, 0.3) is 0 Å². The molecule has 1 aliphatic rings. The van der Waals surface area contributed by atoms with Gasteiger partial charge in [0, 0.05) is 29.0 Å². The number of hydrogen-bond donors (Lipinski definition) is 0. The third-order valence-electron chi connectivity index (χ3n) is 5.93. The summed E-state index contributed by atoms with van der Waals surface area (Å²) in [7, 11) is -1.73. The fourth-order valence-corrected chi connectivity index (χ4v) is 5.62. The molecule has 1 heterocycles. The second-order valence-corrected chi connectivity index (χ2v) is 15.2. The molecule has 0 unspecified atom stereocenters. The van der Waals surface area contributed by atoms with E-state index >= 15 is 0 Å². The van der Waals surface area contributed by atoms with Gasteiger partial charge in [-0.15, -0.1) is 0 Å². The summed E-state index contributed by atoms with van der Waals surface area (Å²) < 4.78 is 7.17. The smallest absolute Gasteiger partial charge is 0.192 e. The van der Waals surface area contributed by atoms with Crippen LogP contribution in [0, 0.1) is 5.92 Å². The first-order valence-electron chi connectivity index (χ1n) is 9.24. The number of benzene rings is 1. The molecular formula is C21H34INOSi. The van der Waals surface area contributed by atoms with Gasteiger partial charge in [0.2, 0.25) is 0 Å². The van der Waals surface area contributed by atoms with Crippen molar-refractivity contribution < 1.29 is 4.43 Å². The lowest BCUT2D eigenvalue weighted by atomic mass is 9.99. The molecule has 0 aliphatic carbocycles. The lowest BCUT2D eigenvalue weighted by molar-refractivity contribution is 0.160. The minimum Gasteiger partial charge on any atom is -0.415 e. The maximum atomic E-state index is 6.61. The Hall–Kier alpha value is -0.173. The van der Waals surface area contributed by atoms with E-state index in [4.69, 9.17) is 4.43 Å². The highest BCUT2D eigenvalue weighted by atomic mass is 127. The zero-order valence-electron chi connectivity index (χ0n) is 16.7. The molecule has 2 rings (SSSR count). The Labute approximate surface area is 169 Å². The summed E-state index contributed by atoms with van der Waals surface area (Å²) in [6.45, 7) is 21.0. The molecule has 1 aromatic rings. The Balaban J connectivity index is 2.14. The second-order valence-electron chi connectivity index (χ2n) is 8.95. The van der Waals surface area contributed by atoms with E-state index in [0.717, 1.165) is 19.7 Å². The van der Waals surface area contributed by atoms with E-state index in [-0.39, 0.29) is 5.04 Å². The van der Waals surface area contributed by atoms with E-state index < -0.39 is 8.32 Å². The summed E-state index contributed by atoms with van der Waals surface area (Å²) in [5.41, 5.74) is 2.68. The van der Waals surface area contributed by atoms with E-state index in [1.54, 1.807) is 0 Å². The zero-order valence-corrected chi connectivity index (χ0v) is 19.8. The van der Waals surface area contributed by atoms with Crippen LogP contribution < -0.4 is 0 Å². The number of rotatable bonds is 6. The molecule has 1 aromatic carbocycles. The van der Waals surface area contributed by atoms with Crippen LogP contribution >= 0.6 is 22.6 Å². The van der Waals surface area contributed by atoms with Crippen molar-refractivity contribution in [2.24, 2.45) is 5.92 Å². The summed E-state index contributed by atoms with van der Waals surface area (Å²) in [6, 6.07) is 11.2. The zero-order chi connectivity index (χ0) is 18.8. The standard InChI is InChI=1S/C21H34INOSi/c1-16(2)18-14-23(13-17-11-9-8-10-12-17)19(20(18)22)15-24-25(6,7)21(3,4)5/h8-12,18-20H,1,13-15H2,2-7H3/t18-,19-,20+/m1/s1. The highest BCUT2D eigenvalue weighted by molar-refractivity contribution is 14.1. The van der Waals surface area contributed by atoms with Gasteiger partial charge in [-0.1, -0.05) is 85.8 Å². The van der Waals surface area contributed by atoms with Crippen LogP contribution in [0.1, 0.15) is 33.3 Å². The summed E-state index contributed by atoms with van der Waals surface area (Å²) in [5.74, 6) is 0.553. The third kappa shape index (κ3) is 5.18. The van der Waals surface area contributed by atoms with Crippen LogP contribution in [0.5, 0.6) is 0 Å². The normalized spacial score (nSPS) is 25.3. The molecule has 0 spiro atoms. The molecule has 0 bridgehead atoms. The quantitative estimate of drug-likeness (QED) is 0.222. The van der Waals surface area contributed by atoms with Gasteiger partial charge in [0.05, 0.1) is 6.61 Å². The number of hydrogen-bond acceptors (Lipinski definition) is 2. The predicted molar refractivity (Wildman–Crippen MR) is 120 cm³/mol. The van der Waals surface area contributed by atoms with E-state index in [9.17, 15) is 0 Å². The molecule has 0 N–H and O–H groups in total. The van der Waals surface area contributed by atoms with E-state index in [1.807, 2.05) is 0 Å². The monoisotopic (exact) mass is 471 g/mol. The molecule has 140 valence electrons.